The van der Waals surface area contributed by atoms with Crippen molar-refractivity contribution < 1.29 is 24.3 Å². The maximum absolute atomic E-state index is 12.4. The Morgan fingerprint density at radius 3 is 2.88 bits per heavy atom. The van der Waals surface area contributed by atoms with Crippen LogP contribution in [-0.2, 0) is 19.2 Å². The van der Waals surface area contributed by atoms with Crippen molar-refractivity contribution in [1.82, 2.24) is 19.8 Å². The van der Waals surface area contributed by atoms with Crippen LogP contribution in [0.5, 0.6) is 0 Å². The summed E-state index contributed by atoms with van der Waals surface area (Å²) in [5.41, 5.74) is 0.718. The van der Waals surface area contributed by atoms with Crippen molar-refractivity contribution in [1.29, 1.82) is 0 Å². The first kappa shape index (κ1) is 17.4. The zero-order valence-electron chi connectivity index (χ0n) is 13.1. The number of oxime groups is 1. The number of thioether (sulfide) groups is 1. The lowest BCUT2D eigenvalue weighted by atomic mass is 10.0. The van der Waals surface area contributed by atoms with E-state index < -0.39 is 29.2 Å². The van der Waals surface area contributed by atoms with Crippen LogP contribution in [0.1, 0.15) is 12.6 Å². The summed E-state index contributed by atoms with van der Waals surface area (Å²) in [6.07, 6.45) is 0. The summed E-state index contributed by atoms with van der Waals surface area (Å²) in [7, 11) is 1.28. The van der Waals surface area contributed by atoms with Gasteiger partial charge in [-0.25, -0.2) is 4.79 Å². The summed E-state index contributed by atoms with van der Waals surface area (Å²) in [6.45, 7) is 1.67. The molecule has 1 saturated heterocycles. The molecule has 0 aliphatic carbocycles. The van der Waals surface area contributed by atoms with Crippen molar-refractivity contribution in [3.8, 4) is 0 Å². The Hall–Kier alpha value is -2.47. The highest BCUT2D eigenvalue weighted by molar-refractivity contribution is 8.00. The third-order valence-electron chi connectivity index (χ3n) is 3.65. The Morgan fingerprint density at radius 1 is 1.52 bits per heavy atom. The zero-order valence-corrected chi connectivity index (χ0v) is 14.8. The Balaban J connectivity index is 1.77. The molecule has 0 radical (unpaired) electrons. The Kier molecular flexibility index (Phi) is 4.72. The predicted octanol–water partition coefficient (Wildman–Crippen LogP) is -0.353. The van der Waals surface area contributed by atoms with Crippen molar-refractivity contribution in [2.24, 2.45) is 5.16 Å². The first-order valence-electron chi connectivity index (χ1n) is 7.02. The minimum Gasteiger partial charge on any atom is -0.477 e. The standard InChI is InChI=1S/C13H13N5O5S2/c1-5-3-24-12-8(11(20)18(12)9(5)13(21)22)14-10(19)7(16-23-2)6-4-25-17-15-6/h4,8,12H,3H2,1-2H3,(H,14,19)(H,21,22)/b16-7+/t8?,12-/m1/s1. The van der Waals surface area contributed by atoms with Crippen molar-refractivity contribution in [2.75, 3.05) is 12.9 Å². The van der Waals surface area contributed by atoms with E-state index in [1.807, 2.05) is 0 Å². The van der Waals surface area contributed by atoms with Gasteiger partial charge in [-0.3, -0.25) is 14.5 Å². The molecule has 0 saturated carbocycles. The molecule has 0 aromatic carbocycles. The summed E-state index contributed by atoms with van der Waals surface area (Å²) < 4.78 is 3.66. The van der Waals surface area contributed by atoms with Gasteiger partial charge in [0.25, 0.3) is 11.8 Å². The van der Waals surface area contributed by atoms with E-state index >= 15 is 0 Å². The zero-order chi connectivity index (χ0) is 18.1. The first-order valence-corrected chi connectivity index (χ1v) is 8.91. The molecular weight excluding hydrogens is 370 g/mol. The van der Waals surface area contributed by atoms with Gasteiger partial charge in [-0.1, -0.05) is 9.64 Å². The van der Waals surface area contributed by atoms with Crippen LogP contribution in [0.25, 0.3) is 0 Å². The van der Waals surface area contributed by atoms with Gasteiger partial charge < -0.3 is 15.3 Å². The van der Waals surface area contributed by atoms with Gasteiger partial charge >= 0.3 is 5.97 Å². The Morgan fingerprint density at radius 2 is 2.28 bits per heavy atom. The number of rotatable bonds is 5. The molecule has 3 heterocycles. The number of carboxylic acids is 1. The molecule has 0 bridgehead atoms. The molecule has 2 amide bonds. The lowest BCUT2D eigenvalue weighted by Gasteiger charge is -2.49. The number of carbonyl (C=O) groups is 3. The van der Waals surface area contributed by atoms with Crippen LogP contribution < -0.4 is 5.32 Å². The molecule has 2 aliphatic heterocycles. The molecular formula is C13H13N5O5S2. The fourth-order valence-corrected chi connectivity index (χ4v) is 4.28. The normalized spacial score (nSPS) is 23.0. The smallest absolute Gasteiger partial charge is 0.352 e. The summed E-state index contributed by atoms with van der Waals surface area (Å²) in [5, 5.41) is 20.3. The topological polar surface area (TPSA) is 134 Å². The number of amides is 2. The van der Waals surface area contributed by atoms with Crippen molar-refractivity contribution in [3.63, 3.8) is 0 Å². The van der Waals surface area contributed by atoms with Crippen LogP contribution in [0.2, 0.25) is 0 Å². The quantitative estimate of drug-likeness (QED) is 0.400. The van der Waals surface area contributed by atoms with Crippen LogP contribution in [0.3, 0.4) is 0 Å². The predicted molar refractivity (Wildman–Crippen MR) is 88.8 cm³/mol. The van der Waals surface area contributed by atoms with E-state index in [2.05, 4.69) is 24.9 Å². The lowest BCUT2D eigenvalue weighted by molar-refractivity contribution is -0.150. The van der Waals surface area contributed by atoms with E-state index in [-0.39, 0.29) is 17.1 Å². The van der Waals surface area contributed by atoms with Gasteiger partial charge in [0.1, 0.15) is 29.9 Å². The maximum atomic E-state index is 12.4. The number of carboxylic acid groups (broad SMARTS) is 1. The minimum atomic E-state index is -1.16. The monoisotopic (exact) mass is 383 g/mol. The molecule has 12 heteroatoms. The van der Waals surface area contributed by atoms with Crippen LogP contribution in [0.15, 0.2) is 21.8 Å². The largest absolute Gasteiger partial charge is 0.477 e. The third-order valence-corrected chi connectivity index (χ3v) is 5.58. The molecule has 2 aliphatic rings. The van der Waals surface area contributed by atoms with Crippen LogP contribution in [-0.4, -0.2) is 67.4 Å². The second-order valence-corrected chi connectivity index (χ2v) is 6.92. The van der Waals surface area contributed by atoms with Gasteiger partial charge in [-0.15, -0.1) is 16.9 Å². The van der Waals surface area contributed by atoms with E-state index in [0.717, 1.165) is 11.5 Å². The summed E-state index contributed by atoms with van der Waals surface area (Å²) in [5.74, 6) is -1.81. The molecule has 2 atom stereocenters. The van der Waals surface area contributed by atoms with Crippen molar-refractivity contribution in [2.45, 2.75) is 18.3 Å². The maximum Gasteiger partial charge on any atom is 0.352 e. The number of carbonyl (C=O) groups excluding carboxylic acids is 2. The number of hydrogen-bond acceptors (Lipinski definition) is 9. The minimum absolute atomic E-state index is 0.0197. The van der Waals surface area contributed by atoms with Crippen molar-refractivity contribution >= 4 is 46.8 Å². The van der Waals surface area contributed by atoms with E-state index in [0.29, 0.717) is 11.3 Å². The SMILES string of the molecule is CO/N=C(/C(=O)NC1C(=O)N2C(C(=O)O)=C(C)CS[C@H]12)c1csnn1. The summed E-state index contributed by atoms with van der Waals surface area (Å²) >= 11 is 2.43. The van der Waals surface area contributed by atoms with E-state index in [1.54, 1.807) is 6.92 Å². The first-order chi connectivity index (χ1) is 12.0. The molecule has 1 unspecified atom stereocenters. The van der Waals surface area contributed by atoms with E-state index in [1.165, 1.54) is 29.2 Å². The molecule has 3 rings (SSSR count). The number of nitrogens with zero attached hydrogens (tertiary/aromatic N) is 4. The fraction of sp³-hybridized carbons (Fsp3) is 0.385. The number of hydrogen-bond donors (Lipinski definition) is 2. The number of fused-ring (bicyclic) bond motifs is 1. The van der Waals surface area contributed by atoms with Gasteiger partial charge in [-0.2, -0.15) is 0 Å². The average Bonchev–Trinajstić information content (AvgIpc) is 3.10. The molecule has 132 valence electrons. The van der Waals surface area contributed by atoms with Gasteiger partial charge in [0.15, 0.2) is 5.71 Å². The molecule has 1 aromatic rings. The van der Waals surface area contributed by atoms with Gasteiger partial charge in [0.2, 0.25) is 0 Å². The fourth-order valence-electron chi connectivity index (χ4n) is 2.55. The molecule has 0 spiro atoms. The number of β-lactam (4-membered cyclic amide) rings is 1. The van der Waals surface area contributed by atoms with E-state index in [9.17, 15) is 19.5 Å². The van der Waals surface area contributed by atoms with Gasteiger partial charge in [0.05, 0.1) is 0 Å². The molecule has 25 heavy (non-hydrogen) atoms. The number of nitrogens with one attached hydrogen (secondary N) is 1. The van der Waals surface area contributed by atoms with Crippen LogP contribution in [0, 0.1) is 0 Å². The highest BCUT2D eigenvalue weighted by atomic mass is 32.2. The highest BCUT2D eigenvalue weighted by Gasteiger charge is 2.54. The second-order valence-electron chi connectivity index (χ2n) is 5.21. The summed E-state index contributed by atoms with van der Waals surface area (Å²) in [6, 6.07) is -0.839. The molecule has 10 nitrogen and oxygen atoms in total. The van der Waals surface area contributed by atoms with Crippen LogP contribution >= 0.6 is 23.3 Å². The molecule has 2 N–H and O–H groups in total. The molecule has 1 aromatic heterocycles. The highest BCUT2D eigenvalue weighted by Crippen LogP contribution is 2.40. The van der Waals surface area contributed by atoms with Gasteiger partial charge in [-0.05, 0) is 24.0 Å². The Labute approximate surface area is 150 Å². The Bertz CT molecular complexity index is 791. The second kappa shape index (κ2) is 6.80. The lowest BCUT2D eigenvalue weighted by Crippen LogP contribution is -2.71. The number of aliphatic carboxylic acids is 1. The third kappa shape index (κ3) is 2.98. The summed E-state index contributed by atoms with van der Waals surface area (Å²) in [4.78, 5) is 42.0. The van der Waals surface area contributed by atoms with Gasteiger partial charge in [0, 0.05) is 11.1 Å². The van der Waals surface area contributed by atoms with Crippen LogP contribution in [0.4, 0.5) is 0 Å². The van der Waals surface area contributed by atoms with Crippen molar-refractivity contribution in [3.05, 3.63) is 22.3 Å². The average molecular weight is 383 g/mol. The number of aromatic nitrogens is 2. The van der Waals surface area contributed by atoms with E-state index in [4.69, 9.17) is 0 Å². The molecule has 1 fully saturated rings.